The van der Waals surface area contributed by atoms with Gasteiger partial charge in [0, 0.05) is 12.1 Å². The van der Waals surface area contributed by atoms with Crippen LogP contribution in [0.1, 0.15) is 26.3 Å². The smallest absolute Gasteiger partial charge is 0.0693 e. The Balaban J connectivity index is 2.80. The molecule has 0 amide bonds. The minimum absolute atomic E-state index is 0.0698. The monoisotopic (exact) mass is 246 g/mol. The van der Waals surface area contributed by atoms with Crippen LogP contribution < -0.4 is 11.1 Å². The van der Waals surface area contributed by atoms with Crippen molar-refractivity contribution in [3.63, 3.8) is 0 Å². The first-order valence-electron chi connectivity index (χ1n) is 4.78. The van der Waals surface area contributed by atoms with Crippen LogP contribution >= 0.6 is 23.2 Å². The number of benzene rings is 1. The van der Waals surface area contributed by atoms with Crippen LogP contribution in [0.4, 0.5) is 5.69 Å². The lowest BCUT2D eigenvalue weighted by molar-refractivity contribution is 0.424. The van der Waals surface area contributed by atoms with Crippen LogP contribution in [0.2, 0.25) is 10.0 Å². The molecule has 0 bridgehead atoms. The van der Waals surface area contributed by atoms with Crippen LogP contribution in [0.5, 0.6) is 0 Å². The number of hydrogen-bond donors (Lipinski definition) is 2. The minimum atomic E-state index is 0.0698. The Morgan fingerprint density at radius 1 is 1.20 bits per heavy atom. The number of rotatable bonds is 2. The van der Waals surface area contributed by atoms with E-state index in [1.54, 1.807) is 0 Å². The van der Waals surface area contributed by atoms with Crippen LogP contribution in [-0.4, -0.2) is 5.54 Å². The van der Waals surface area contributed by atoms with Crippen molar-refractivity contribution in [3.8, 4) is 0 Å². The Kier molecular flexibility index (Phi) is 3.87. The van der Waals surface area contributed by atoms with Crippen LogP contribution in [0, 0.1) is 0 Å². The second-order valence-corrected chi connectivity index (χ2v) is 5.39. The fourth-order valence-electron chi connectivity index (χ4n) is 1.11. The lowest BCUT2D eigenvalue weighted by Gasteiger charge is -2.20. The number of anilines is 1. The maximum absolute atomic E-state index is 5.93. The first kappa shape index (κ1) is 12.6. The number of nitrogens with one attached hydrogen (secondary N) is 1. The highest BCUT2D eigenvalue weighted by Gasteiger charge is 2.10. The molecule has 2 nitrogen and oxygen atoms in total. The molecule has 84 valence electrons. The van der Waals surface area contributed by atoms with E-state index in [0.29, 0.717) is 15.7 Å². The Hall–Kier alpha value is -0.440. The van der Waals surface area contributed by atoms with E-state index in [4.69, 9.17) is 28.9 Å². The summed E-state index contributed by atoms with van der Waals surface area (Å²) >= 11 is 11.9. The Bertz CT molecular complexity index is 333. The molecule has 0 atom stereocenters. The molecular formula is C11H16Cl2N2. The molecule has 0 aliphatic heterocycles. The van der Waals surface area contributed by atoms with Crippen molar-refractivity contribution >= 4 is 28.9 Å². The zero-order valence-electron chi connectivity index (χ0n) is 9.20. The van der Waals surface area contributed by atoms with E-state index in [1.807, 2.05) is 12.1 Å². The van der Waals surface area contributed by atoms with Gasteiger partial charge < -0.3 is 11.1 Å². The Morgan fingerprint density at radius 3 is 2.07 bits per heavy atom. The maximum atomic E-state index is 5.93. The highest BCUT2D eigenvalue weighted by molar-refractivity contribution is 6.38. The summed E-state index contributed by atoms with van der Waals surface area (Å²) in [7, 11) is 0. The van der Waals surface area contributed by atoms with Crippen molar-refractivity contribution in [2.45, 2.75) is 32.9 Å². The molecule has 0 heterocycles. The lowest BCUT2D eigenvalue weighted by atomic mass is 10.1. The standard InChI is InChI=1S/C11H16Cl2N2/c1-11(2,3)15-6-7-4-8(12)10(14)9(13)5-7/h4-5,15H,6,14H2,1-3H3. The summed E-state index contributed by atoms with van der Waals surface area (Å²) in [6.45, 7) is 7.04. The number of nitrogens with two attached hydrogens (primary N) is 1. The van der Waals surface area contributed by atoms with Crippen LogP contribution in [0.25, 0.3) is 0 Å². The van der Waals surface area contributed by atoms with Gasteiger partial charge in [-0.3, -0.25) is 0 Å². The van der Waals surface area contributed by atoms with Gasteiger partial charge in [0.25, 0.3) is 0 Å². The fraction of sp³-hybridized carbons (Fsp3) is 0.455. The molecular weight excluding hydrogens is 231 g/mol. The highest BCUT2D eigenvalue weighted by Crippen LogP contribution is 2.28. The van der Waals surface area contributed by atoms with Gasteiger partial charge in [-0.1, -0.05) is 23.2 Å². The van der Waals surface area contributed by atoms with Gasteiger partial charge in [-0.2, -0.15) is 0 Å². The van der Waals surface area contributed by atoms with Gasteiger partial charge in [0.1, 0.15) is 0 Å². The van der Waals surface area contributed by atoms with E-state index in [2.05, 4.69) is 26.1 Å². The van der Waals surface area contributed by atoms with Crippen LogP contribution in [-0.2, 0) is 6.54 Å². The summed E-state index contributed by atoms with van der Waals surface area (Å²) in [5, 5.41) is 4.37. The largest absolute Gasteiger partial charge is 0.396 e. The van der Waals surface area contributed by atoms with Gasteiger partial charge in [0.15, 0.2) is 0 Å². The first-order chi connectivity index (χ1) is 6.79. The van der Waals surface area contributed by atoms with Crippen LogP contribution in [0.15, 0.2) is 12.1 Å². The highest BCUT2D eigenvalue weighted by atomic mass is 35.5. The average molecular weight is 247 g/mol. The van der Waals surface area contributed by atoms with Crippen molar-refractivity contribution in [1.29, 1.82) is 0 Å². The minimum Gasteiger partial charge on any atom is -0.396 e. The molecule has 0 unspecified atom stereocenters. The van der Waals surface area contributed by atoms with Gasteiger partial charge >= 0.3 is 0 Å². The van der Waals surface area contributed by atoms with E-state index in [0.717, 1.165) is 12.1 Å². The quantitative estimate of drug-likeness (QED) is 0.785. The summed E-state index contributed by atoms with van der Waals surface area (Å²) in [5.74, 6) is 0. The molecule has 0 saturated heterocycles. The van der Waals surface area contributed by atoms with E-state index in [1.165, 1.54) is 0 Å². The normalized spacial score (nSPS) is 11.8. The number of halogens is 2. The Labute approximate surface area is 101 Å². The summed E-state index contributed by atoms with van der Waals surface area (Å²) in [5.41, 5.74) is 7.20. The van der Waals surface area contributed by atoms with Crippen molar-refractivity contribution in [1.82, 2.24) is 5.32 Å². The third-order valence-corrected chi connectivity index (χ3v) is 2.59. The predicted octanol–water partition coefficient (Wildman–Crippen LogP) is 3.46. The molecule has 0 spiro atoms. The molecule has 1 rings (SSSR count). The lowest BCUT2D eigenvalue weighted by Crippen LogP contribution is -2.35. The molecule has 3 N–H and O–H groups in total. The fourth-order valence-corrected chi connectivity index (χ4v) is 1.64. The average Bonchev–Trinajstić information content (AvgIpc) is 2.09. The molecule has 0 fully saturated rings. The van der Waals surface area contributed by atoms with Crippen molar-refractivity contribution in [3.05, 3.63) is 27.7 Å². The van der Waals surface area contributed by atoms with Gasteiger partial charge in [0.05, 0.1) is 15.7 Å². The molecule has 15 heavy (non-hydrogen) atoms. The SMILES string of the molecule is CC(C)(C)NCc1cc(Cl)c(N)c(Cl)c1. The molecule has 0 aromatic heterocycles. The molecule has 4 heteroatoms. The molecule has 0 aliphatic carbocycles. The van der Waals surface area contributed by atoms with Crippen molar-refractivity contribution in [2.75, 3.05) is 5.73 Å². The third kappa shape index (κ3) is 3.90. The maximum Gasteiger partial charge on any atom is 0.0693 e. The van der Waals surface area contributed by atoms with Crippen molar-refractivity contribution < 1.29 is 0 Å². The molecule has 1 aromatic carbocycles. The van der Waals surface area contributed by atoms with Gasteiger partial charge in [-0.25, -0.2) is 0 Å². The van der Waals surface area contributed by atoms with Crippen LogP contribution in [0.3, 0.4) is 0 Å². The molecule has 1 aromatic rings. The number of nitrogen functional groups attached to an aromatic ring is 1. The third-order valence-electron chi connectivity index (χ3n) is 1.96. The van der Waals surface area contributed by atoms with E-state index >= 15 is 0 Å². The Morgan fingerprint density at radius 2 is 1.67 bits per heavy atom. The summed E-state index contributed by atoms with van der Waals surface area (Å²) in [6, 6.07) is 3.67. The van der Waals surface area contributed by atoms with E-state index < -0.39 is 0 Å². The zero-order valence-corrected chi connectivity index (χ0v) is 10.7. The van der Waals surface area contributed by atoms with E-state index in [-0.39, 0.29) is 5.54 Å². The first-order valence-corrected chi connectivity index (χ1v) is 5.53. The second-order valence-electron chi connectivity index (χ2n) is 4.58. The summed E-state index contributed by atoms with van der Waals surface area (Å²) < 4.78 is 0. The molecule has 0 radical (unpaired) electrons. The van der Waals surface area contributed by atoms with Gasteiger partial charge in [-0.15, -0.1) is 0 Å². The number of hydrogen-bond acceptors (Lipinski definition) is 2. The van der Waals surface area contributed by atoms with E-state index in [9.17, 15) is 0 Å². The zero-order chi connectivity index (χ0) is 11.6. The summed E-state index contributed by atoms with van der Waals surface area (Å²) in [6.07, 6.45) is 0. The van der Waals surface area contributed by atoms with Gasteiger partial charge in [-0.05, 0) is 38.5 Å². The van der Waals surface area contributed by atoms with Gasteiger partial charge in [0.2, 0.25) is 0 Å². The topological polar surface area (TPSA) is 38.0 Å². The summed E-state index contributed by atoms with van der Waals surface area (Å²) in [4.78, 5) is 0. The molecule has 0 saturated carbocycles. The van der Waals surface area contributed by atoms with Crippen molar-refractivity contribution in [2.24, 2.45) is 0 Å². The predicted molar refractivity (Wildman–Crippen MR) is 67.5 cm³/mol. The molecule has 0 aliphatic rings. The second kappa shape index (κ2) is 4.60.